The molecule has 1 aliphatic rings. The van der Waals surface area contributed by atoms with Gasteiger partial charge in [-0.05, 0) is 43.6 Å². The average molecular weight is 1580 g/mol. The zero-order valence-electron chi connectivity index (χ0n) is 61.7. The predicted octanol–water partition coefficient (Wildman–Crippen LogP) is -1.38. The van der Waals surface area contributed by atoms with E-state index in [1.807, 2.05) is 0 Å². The third-order valence-electron chi connectivity index (χ3n) is 16.7. The quantitative estimate of drug-likeness (QED) is 0.0335. The van der Waals surface area contributed by atoms with Crippen molar-refractivity contribution in [2.24, 2.45) is 29.6 Å². The van der Waals surface area contributed by atoms with E-state index in [-0.39, 0.29) is 248 Å². The van der Waals surface area contributed by atoms with Crippen LogP contribution in [0.25, 0.3) is 0 Å². The number of amides is 6. The number of carboxylic acid groups (broad SMARTS) is 5. The lowest BCUT2D eigenvalue weighted by Gasteiger charge is -2.32. The van der Waals surface area contributed by atoms with E-state index in [1.54, 1.807) is 56.9 Å². The van der Waals surface area contributed by atoms with Crippen molar-refractivity contribution in [3.8, 4) is 0 Å². The van der Waals surface area contributed by atoms with E-state index in [0.29, 0.717) is 5.56 Å². The van der Waals surface area contributed by atoms with Crippen LogP contribution in [0.4, 0.5) is 9.59 Å². The lowest BCUT2D eigenvalue weighted by Crippen LogP contribution is -2.50. The number of benzene rings is 1. The molecular formula is C68H112N10O28S2. The number of carbonyl (C=O) groups is 11. The van der Waals surface area contributed by atoms with Crippen molar-refractivity contribution in [3.63, 3.8) is 0 Å². The number of rotatable bonds is 59. The first-order chi connectivity index (χ1) is 51.4. The monoisotopic (exact) mass is 1580 g/mol. The minimum atomic E-state index is -3.56. The summed E-state index contributed by atoms with van der Waals surface area (Å²) in [6.07, 6.45) is -2.44. The minimum Gasteiger partial charge on any atom is -0.481 e. The molecule has 0 spiro atoms. The van der Waals surface area contributed by atoms with Gasteiger partial charge in [-0.1, -0.05) is 57.3 Å². The maximum Gasteiger partial charge on any atom is 0.407 e. The molecule has 614 valence electrons. The smallest absolute Gasteiger partial charge is 0.407 e. The molecule has 6 atom stereocenters. The number of ether oxygens (including phenoxy) is 8. The van der Waals surface area contributed by atoms with Crippen LogP contribution in [0.1, 0.15) is 57.4 Å². The van der Waals surface area contributed by atoms with Gasteiger partial charge in [-0.3, -0.25) is 62.8 Å². The summed E-state index contributed by atoms with van der Waals surface area (Å²) in [5.74, 6) is -14.4. The SMILES string of the molecule is C=CS(=O)(=O)CCOC(=O)NCCOCCOCCNC(=O)C(CC(C)C(=O)NCCOCCOCCNC(=O)CN1CCN(CC(=O)O)CCN(CC(=O)O)CCN(CC(=O)O)CC1)CC(CC(CC(CC(C)C(=O)O)c1ccccc1)C(=O)O)C(=O)NCCOCCOCCNC(=O)OCCS(=O)(=O)C=C. The third-order valence-corrected chi connectivity index (χ3v) is 19.1. The van der Waals surface area contributed by atoms with E-state index in [4.69, 9.17) is 37.9 Å². The molecule has 0 saturated carbocycles. The Morgan fingerprint density at radius 2 is 0.731 bits per heavy atom. The van der Waals surface area contributed by atoms with Crippen molar-refractivity contribution >= 4 is 85.3 Å². The number of nitrogens with zero attached hydrogens (tertiary/aromatic N) is 4. The Labute approximate surface area is 630 Å². The lowest BCUT2D eigenvalue weighted by atomic mass is 9.77. The molecule has 40 heteroatoms. The molecule has 6 unspecified atom stereocenters. The van der Waals surface area contributed by atoms with Crippen LogP contribution in [-0.4, -0.2) is 349 Å². The Kier molecular flexibility index (Phi) is 50.0. The highest BCUT2D eigenvalue weighted by Gasteiger charge is 2.36. The number of carbonyl (C=O) groups excluding carboxylic acids is 6. The van der Waals surface area contributed by atoms with E-state index >= 15 is 0 Å². The van der Waals surface area contributed by atoms with E-state index in [9.17, 15) is 95.1 Å². The summed E-state index contributed by atoms with van der Waals surface area (Å²) in [6, 6.07) is 8.76. The Balaban J connectivity index is 2.17. The van der Waals surface area contributed by atoms with Gasteiger partial charge in [0.25, 0.3) is 0 Å². The molecule has 38 nitrogen and oxygen atoms in total. The number of alkyl carbamates (subject to hydrolysis) is 2. The molecule has 2 rings (SSSR count). The van der Waals surface area contributed by atoms with Gasteiger partial charge in [-0.15, -0.1) is 0 Å². The first-order valence-electron chi connectivity index (χ1n) is 35.6. The predicted molar refractivity (Wildman–Crippen MR) is 389 cm³/mol. The van der Waals surface area contributed by atoms with Gasteiger partial charge in [0.15, 0.2) is 19.7 Å². The zero-order valence-corrected chi connectivity index (χ0v) is 63.4. The van der Waals surface area contributed by atoms with Crippen LogP contribution in [0.3, 0.4) is 0 Å². The fraction of sp³-hybridized carbons (Fsp3) is 0.691. The summed E-state index contributed by atoms with van der Waals surface area (Å²) in [7, 11) is -7.11. The zero-order chi connectivity index (χ0) is 80.1. The molecule has 11 N–H and O–H groups in total. The molecule has 1 aromatic carbocycles. The number of nitrogens with one attached hydrogen (secondary N) is 6. The van der Waals surface area contributed by atoms with Gasteiger partial charge >= 0.3 is 42.0 Å². The van der Waals surface area contributed by atoms with Crippen molar-refractivity contribution in [3.05, 3.63) is 59.9 Å². The fourth-order valence-corrected chi connectivity index (χ4v) is 11.8. The Morgan fingerprint density at radius 3 is 1.08 bits per heavy atom. The van der Waals surface area contributed by atoms with Crippen molar-refractivity contribution in [1.82, 2.24) is 51.5 Å². The molecule has 0 aromatic heterocycles. The van der Waals surface area contributed by atoms with Gasteiger partial charge in [0.05, 0.1) is 129 Å². The summed E-state index contributed by atoms with van der Waals surface area (Å²) >= 11 is 0. The minimum absolute atomic E-state index is 0.0250. The standard InChI is InChI=1S/C68H112N10O28S2/c1-5-107(95,96)40-38-105-67(93)73-16-30-103-36-34-101-28-14-71-63(87)55(42-51(3)62(86)70-13-27-100-33-32-99-26-12-69-58(79)47-75-18-20-76(48-59(80)81)22-24-78(50-61(84)85)25-23-77(21-19-75)49-60(82)83)45-56(46-57(66(91)92)44-54(43-52(4)65(89)90)53-10-8-7-9-11-53)64(88)72-15-29-102-35-37-104-31-17-74-68(94)106-39-41-108(97,98)6-2/h5-11,51-52,54-57H,1-2,12-50H2,3-4H3,(H,69,79)(H,70,86)(H,71,87)(H,72,88)(H,73,93)(H,74,94)(H,80,81)(H,82,83)(H,84,85)(H,89,90)(H,91,92). The molecule has 1 aromatic rings. The van der Waals surface area contributed by atoms with E-state index in [0.717, 1.165) is 10.8 Å². The van der Waals surface area contributed by atoms with Gasteiger partial charge < -0.3 is 95.3 Å². The summed E-state index contributed by atoms with van der Waals surface area (Å²) < 4.78 is 89.4. The molecule has 1 fully saturated rings. The fourth-order valence-electron chi connectivity index (χ4n) is 10.8. The van der Waals surface area contributed by atoms with E-state index < -0.39 is 126 Å². The van der Waals surface area contributed by atoms with Crippen LogP contribution in [-0.2, 0) is 101 Å². The van der Waals surface area contributed by atoms with Crippen molar-refractivity contribution < 1.29 is 133 Å². The number of carboxylic acids is 5. The van der Waals surface area contributed by atoms with Crippen LogP contribution in [0, 0.1) is 29.6 Å². The largest absolute Gasteiger partial charge is 0.481 e. The topological polar surface area (TPSA) is 516 Å². The second-order valence-electron chi connectivity index (χ2n) is 25.2. The first kappa shape index (κ1) is 96.0. The maximum absolute atomic E-state index is 14.5. The highest BCUT2D eigenvalue weighted by Crippen LogP contribution is 2.35. The highest BCUT2D eigenvalue weighted by atomic mass is 32.2. The summed E-state index contributed by atoms with van der Waals surface area (Å²) in [4.78, 5) is 147. The number of hydrogen-bond donors (Lipinski definition) is 11. The third kappa shape index (κ3) is 47.7. The summed E-state index contributed by atoms with van der Waals surface area (Å²) in [6.45, 7) is 10.2. The van der Waals surface area contributed by atoms with Crippen LogP contribution in [0.2, 0.25) is 0 Å². The number of aliphatic carboxylic acids is 5. The number of hydrogen-bond acceptors (Lipinski definition) is 27. The average Bonchev–Trinajstić information content (AvgIpc) is 0.846. The molecular weight excluding hydrogens is 1470 g/mol. The van der Waals surface area contributed by atoms with Crippen molar-refractivity contribution in [1.29, 1.82) is 0 Å². The first-order valence-corrected chi connectivity index (χ1v) is 39.0. The van der Waals surface area contributed by atoms with Crippen LogP contribution < -0.4 is 31.9 Å². The number of sulfone groups is 2. The summed E-state index contributed by atoms with van der Waals surface area (Å²) in [5.41, 5.74) is 0.682. The Bertz CT molecular complexity index is 3110. The molecule has 6 amide bonds. The summed E-state index contributed by atoms with van der Waals surface area (Å²) in [5, 5.41) is 66.8. The van der Waals surface area contributed by atoms with Crippen LogP contribution in [0.15, 0.2) is 54.3 Å². The van der Waals surface area contributed by atoms with E-state index in [1.165, 1.54) is 6.92 Å². The second-order valence-corrected chi connectivity index (χ2v) is 29.4. The molecule has 0 radical (unpaired) electrons. The van der Waals surface area contributed by atoms with Gasteiger partial charge in [0, 0.05) is 120 Å². The molecule has 0 bridgehead atoms. The Hall–Kier alpha value is -8.03. The molecule has 1 heterocycles. The van der Waals surface area contributed by atoms with Gasteiger partial charge in [-0.25, -0.2) is 26.4 Å². The van der Waals surface area contributed by atoms with Gasteiger partial charge in [0.2, 0.25) is 23.6 Å². The normalized spacial score (nSPS) is 15.4. The van der Waals surface area contributed by atoms with Gasteiger partial charge in [-0.2, -0.15) is 0 Å². The van der Waals surface area contributed by atoms with E-state index in [2.05, 4.69) is 45.1 Å². The van der Waals surface area contributed by atoms with Crippen LogP contribution >= 0.6 is 0 Å². The maximum atomic E-state index is 14.5. The molecule has 1 aliphatic heterocycles. The lowest BCUT2D eigenvalue weighted by molar-refractivity contribution is -0.144. The van der Waals surface area contributed by atoms with Gasteiger partial charge in [0.1, 0.15) is 13.2 Å². The Morgan fingerprint density at radius 1 is 0.398 bits per heavy atom. The molecule has 0 aliphatic carbocycles. The van der Waals surface area contributed by atoms with Crippen molar-refractivity contribution in [2.45, 2.75) is 51.9 Å². The van der Waals surface area contributed by atoms with Crippen LogP contribution in [0.5, 0.6) is 0 Å². The van der Waals surface area contributed by atoms with Crippen molar-refractivity contribution in [2.75, 3.05) is 222 Å². The second kappa shape index (κ2) is 56.2. The molecule has 108 heavy (non-hydrogen) atoms. The highest BCUT2D eigenvalue weighted by molar-refractivity contribution is 7.94. The molecule has 1 saturated heterocycles.